The number of sulfone groups is 1. The van der Waals surface area contributed by atoms with E-state index in [4.69, 9.17) is 0 Å². The first-order valence-corrected chi connectivity index (χ1v) is 11.1. The van der Waals surface area contributed by atoms with Gasteiger partial charge in [0.1, 0.15) is 0 Å². The van der Waals surface area contributed by atoms with E-state index in [0.717, 1.165) is 4.88 Å². The van der Waals surface area contributed by atoms with E-state index in [1.54, 1.807) is 6.07 Å². The minimum atomic E-state index is -3.15. The van der Waals surface area contributed by atoms with E-state index < -0.39 is 9.84 Å². The highest BCUT2D eigenvalue weighted by molar-refractivity contribution is 7.89. The molecule has 1 aromatic rings. The second kappa shape index (κ2) is 7.07. The van der Waals surface area contributed by atoms with Gasteiger partial charge in [0.2, 0.25) is 5.91 Å². The summed E-state index contributed by atoms with van der Waals surface area (Å²) in [5.41, 5.74) is 0.489. The van der Waals surface area contributed by atoms with Gasteiger partial charge in [-0.2, -0.15) is 0 Å². The predicted octanol–water partition coefficient (Wildman–Crippen LogP) is 2.02. The van der Waals surface area contributed by atoms with E-state index in [-0.39, 0.29) is 35.1 Å². The van der Waals surface area contributed by atoms with Crippen molar-refractivity contribution in [3.63, 3.8) is 0 Å². The van der Waals surface area contributed by atoms with Gasteiger partial charge in [-0.3, -0.25) is 9.59 Å². The molecule has 0 radical (unpaired) electrons. The Hall–Kier alpha value is -1.41. The number of aryl methyl sites for hydroxylation is 1. The average molecular weight is 387 g/mol. The summed E-state index contributed by atoms with van der Waals surface area (Å²) >= 11 is 1.30. The molecule has 0 spiro atoms. The summed E-state index contributed by atoms with van der Waals surface area (Å²) in [6.07, 6.45) is 2.17. The molecule has 1 aliphatic heterocycles. The van der Waals surface area contributed by atoms with E-state index in [0.29, 0.717) is 23.3 Å². The fourth-order valence-corrected chi connectivity index (χ4v) is 4.97. The van der Waals surface area contributed by atoms with Gasteiger partial charge in [0.25, 0.3) is 5.91 Å². The van der Waals surface area contributed by atoms with Crippen molar-refractivity contribution in [1.82, 2.24) is 10.6 Å². The normalized spacial score (nSPS) is 21.7. The number of nitrogens with one attached hydrogen (secondary N) is 2. The highest BCUT2D eigenvalue weighted by Gasteiger charge is 2.37. The summed E-state index contributed by atoms with van der Waals surface area (Å²) in [4.78, 5) is 25.7. The monoisotopic (exact) mass is 386 g/mol. The highest BCUT2D eigenvalue weighted by atomic mass is 32.2. The van der Waals surface area contributed by atoms with Crippen LogP contribution in [0.3, 0.4) is 0 Å². The van der Waals surface area contributed by atoms with Crippen LogP contribution in [0, 0.1) is 12.3 Å². The summed E-state index contributed by atoms with van der Waals surface area (Å²) in [5, 5.41) is 6.00. The zero-order valence-corrected chi connectivity index (χ0v) is 16.9. The van der Waals surface area contributed by atoms with E-state index >= 15 is 0 Å². The number of hydrogen-bond donors (Lipinski definition) is 2. The number of carbonyl (C=O) groups excluding carboxylic acids is 2. The largest absolute Gasteiger partial charge is 0.351 e. The quantitative estimate of drug-likeness (QED) is 0.828. The molecular weight excluding hydrogens is 360 g/mol. The van der Waals surface area contributed by atoms with Gasteiger partial charge in [-0.1, -0.05) is 20.8 Å². The van der Waals surface area contributed by atoms with Gasteiger partial charge in [0.05, 0.1) is 22.7 Å². The van der Waals surface area contributed by atoms with Gasteiger partial charge in [-0.25, -0.2) is 8.42 Å². The molecular formula is C17H26N2O4S2. The van der Waals surface area contributed by atoms with Crippen molar-refractivity contribution in [2.75, 3.05) is 6.26 Å². The molecule has 1 fully saturated rings. The fraction of sp³-hybridized carbons (Fsp3) is 0.647. The van der Waals surface area contributed by atoms with Crippen LogP contribution in [-0.4, -0.2) is 38.6 Å². The van der Waals surface area contributed by atoms with E-state index in [2.05, 4.69) is 10.6 Å². The van der Waals surface area contributed by atoms with Gasteiger partial charge in [0.15, 0.2) is 9.84 Å². The minimum absolute atomic E-state index is 0.00725. The van der Waals surface area contributed by atoms with Gasteiger partial charge in [-0.05, 0) is 30.4 Å². The second-order valence-electron chi connectivity index (χ2n) is 7.79. The molecule has 8 heteroatoms. The van der Waals surface area contributed by atoms with Crippen LogP contribution in [0.15, 0.2) is 6.07 Å². The maximum absolute atomic E-state index is 12.6. The van der Waals surface area contributed by atoms with Crippen LogP contribution in [-0.2, 0) is 20.4 Å². The SMILES string of the molecule is Cc1sc(C(=O)N[C@@H]2CCC(=O)N[C@H]2C(C)(C)C)cc1CS(C)(=O)=O. The van der Waals surface area contributed by atoms with Crippen LogP contribution < -0.4 is 10.6 Å². The fourth-order valence-electron chi connectivity index (χ4n) is 3.07. The summed E-state index contributed by atoms with van der Waals surface area (Å²) in [5.74, 6) is -0.275. The number of piperidine rings is 1. The van der Waals surface area contributed by atoms with Crippen molar-refractivity contribution in [1.29, 1.82) is 0 Å². The standard InChI is InChI=1S/C17H26N2O4S2/c1-10-11(9-25(5,22)23)8-13(24-10)16(21)18-12-6-7-14(20)19-15(12)17(2,3)4/h8,12,15H,6-7,9H2,1-5H3,(H,18,21)(H,19,20)/t12-,15-/m1/s1. The van der Waals surface area contributed by atoms with E-state index in [1.807, 2.05) is 27.7 Å². The Balaban J connectivity index is 2.16. The van der Waals surface area contributed by atoms with Gasteiger partial charge in [-0.15, -0.1) is 11.3 Å². The smallest absolute Gasteiger partial charge is 0.261 e. The average Bonchev–Trinajstić information content (AvgIpc) is 2.79. The van der Waals surface area contributed by atoms with Crippen molar-refractivity contribution in [3.05, 3.63) is 21.4 Å². The number of amides is 2. The van der Waals surface area contributed by atoms with Crippen LogP contribution in [0.25, 0.3) is 0 Å². The van der Waals surface area contributed by atoms with Crippen LogP contribution in [0.2, 0.25) is 0 Å². The van der Waals surface area contributed by atoms with Crippen LogP contribution in [0.5, 0.6) is 0 Å². The Bertz CT molecular complexity index is 775. The van der Waals surface area contributed by atoms with Gasteiger partial charge >= 0.3 is 0 Å². The summed E-state index contributed by atoms with van der Waals surface area (Å²) in [6, 6.07) is 1.37. The molecule has 2 rings (SSSR count). The third kappa shape index (κ3) is 5.28. The second-order valence-corrected chi connectivity index (χ2v) is 11.2. The summed E-state index contributed by atoms with van der Waals surface area (Å²) < 4.78 is 23.0. The molecule has 2 amide bonds. The zero-order chi connectivity index (χ0) is 19.0. The van der Waals surface area contributed by atoms with Crippen molar-refractivity contribution in [2.24, 2.45) is 5.41 Å². The van der Waals surface area contributed by atoms with E-state index in [9.17, 15) is 18.0 Å². The summed E-state index contributed by atoms with van der Waals surface area (Å²) in [6.45, 7) is 7.91. The first-order chi connectivity index (χ1) is 11.4. The molecule has 0 aromatic carbocycles. The predicted molar refractivity (Wildman–Crippen MR) is 99.5 cm³/mol. The third-order valence-electron chi connectivity index (χ3n) is 4.31. The molecule has 6 nitrogen and oxygen atoms in total. The van der Waals surface area contributed by atoms with Crippen LogP contribution in [0.4, 0.5) is 0 Å². The molecule has 2 atom stereocenters. The van der Waals surface area contributed by atoms with Crippen molar-refractivity contribution < 1.29 is 18.0 Å². The van der Waals surface area contributed by atoms with Crippen molar-refractivity contribution >= 4 is 33.0 Å². The molecule has 1 aliphatic rings. The van der Waals surface area contributed by atoms with E-state index in [1.165, 1.54) is 17.6 Å². The molecule has 0 bridgehead atoms. The molecule has 2 heterocycles. The number of hydrogen-bond acceptors (Lipinski definition) is 5. The Labute approximate surface area is 153 Å². The highest BCUT2D eigenvalue weighted by Crippen LogP contribution is 2.28. The maximum atomic E-state index is 12.6. The Kier molecular flexibility index (Phi) is 5.63. The molecule has 2 N–H and O–H groups in total. The lowest BCUT2D eigenvalue weighted by molar-refractivity contribution is -0.125. The molecule has 25 heavy (non-hydrogen) atoms. The van der Waals surface area contributed by atoms with Gasteiger partial charge < -0.3 is 10.6 Å². The molecule has 1 saturated heterocycles. The first-order valence-electron chi connectivity index (χ1n) is 8.24. The van der Waals surface area contributed by atoms with Gasteiger partial charge in [0, 0.05) is 17.6 Å². The Morgan fingerprint density at radius 1 is 1.40 bits per heavy atom. The lowest BCUT2D eigenvalue weighted by Gasteiger charge is -2.40. The molecule has 0 saturated carbocycles. The summed E-state index contributed by atoms with van der Waals surface area (Å²) in [7, 11) is -3.15. The van der Waals surface area contributed by atoms with Crippen molar-refractivity contribution in [2.45, 2.75) is 58.4 Å². The molecule has 140 valence electrons. The van der Waals surface area contributed by atoms with Crippen molar-refractivity contribution in [3.8, 4) is 0 Å². The molecule has 0 unspecified atom stereocenters. The maximum Gasteiger partial charge on any atom is 0.261 e. The Morgan fingerprint density at radius 2 is 2.04 bits per heavy atom. The van der Waals surface area contributed by atoms with Crippen LogP contribution >= 0.6 is 11.3 Å². The minimum Gasteiger partial charge on any atom is -0.351 e. The topological polar surface area (TPSA) is 92.3 Å². The number of carbonyl (C=O) groups is 2. The van der Waals surface area contributed by atoms with Crippen LogP contribution in [0.1, 0.15) is 53.7 Å². The lowest BCUT2D eigenvalue weighted by Crippen LogP contribution is -2.60. The number of rotatable bonds is 4. The molecule has 0 aliphatic carbocycles. The zero-order valence-electron chi connectivity index (χ0n) is 15.3. The third-order valence-corrected chi connectivity index (χ3v) is 6.24. The molecule has 1 aromatic heterocycles. The Morgan fingerprint density at radius 3 is 2.60 bits per heavy atom. The lowest BCUT2D eigenvalue weighted by atomic mass is 9.78. The first kappa shape index (κ1) is 19.9. The number of thiophene rings is 1.